The van der Waals surface area contributed by atoms with Crippen molar-refractivity contribution in [1.29, 1.82) is 0 Å². The van der Waals surface area contributed by atoms with Gasteiger partial charge >= 0.3 is 5.97 Å². The van der Waals surface area contributed by atoms with Crippen molar-refractivity contribution in [3.8, 4) is 0 Å². The standard InChI is InChI=1S/C16H20N2O3/c19-15(8-6-13-4-3-10-17-12-13)18-11-2-1-5-14(18)7-9-16(20)21/h3-4,6,8,10,12,14H,1-2,5,7,9,11H2,(H,20,21)/b8-6+/t14-/m1/s1. The number of aromatic nitrogens is 1. The Morgan fingerprint density at radius 2 is 2.29 bits per heavy atom. The highest BCUT2D eigenvalue weighted by Crippen LogP contribution is 2.21. The summed E-state index contributed by atoms with van der Waals surface area (Å²) in [5, 5.41) is 8.80. The summed E-state index contributed by atoms with van der Waals surface area (Å²) in [6.45, 7) is 0.709. The SMILES string of the molecule is O=C(O)CC[C@H]1CCCCN1C(=O)/C=C/c1cccnc1. The summed E-state index contributed by atoms with van der Waals surface area (Å²) in [6.07, 6.45) is 10.3. The number of likely N-dealkylation sites (tertiary alicyclic amines) is 1. The quantitative estimate of drug-likeness (QED) is 0.844. The molecule has 1 aliphatic rings. The molecule has 0 bridgehead atoms. The second-order valence-electron chi connectivity index (χ2n) is 5.23. The lowest BCUT2D eigenvalue weighted by Crippen LogP contribution is -2.43. The molecule has 5 heteroatoms. The third-order valence-electron chi connectivity index (χ3n) is 3.70. The van der Waals surface area contributed by atoms with Crippen molar-refractivity contribution in [3.63, 3.8) is 0 Å². The number of carbonyl (C=O) groups excluding carboxylic acids is 1. The number of carboxylic acid groups (broad SMARTS) is 1. The third kappa shape index (κ3) is 4.70. The molecular weight excluding hydrogens is 268 g/mol. The van der Waals surface area contributed by atoms with Crippen molar-refractivity contribution in [3.05, 3.63) is 36.2 Å². The molecule has 0 radical (unpaired) electrons. The Morgan fingerprint density at radius 1 is 1.43 bits per heavy atom. The van der Waals surface area contributed by atoms with Crippen LogP contribution in [0.5, 0.6) is 0 Å². The van der Waals surface area contributed by atoms with E-state index < -0.39 is 5.97 Å². The van der Waals surface area contributed by atoms with Crippen LogP contribution in [0.15, 0.2) is 30.6 Å². The van der Waals surface area contributed by atoms with Crippen molar-refractivity contribution in [2.45, 2.75) is 38.1 Å². The maximum atomic E-state index is 12.3. The molecule has 5 nitrogen and oxygen atoms in total. The van der Waals surface area contributed by atoms with Gasteiger partial charge in [0.05, 0.1) is 0 Å². The molecule has 0 saturated carbocycles. The smallest absolute Gasteiger partial charge is 0.303 e. The van der Waals surface area contributed by atoms with Crippen LogP contribution in [0.2, 0.25) is 0 Å². The molecule has 1 atom stereocenters. The highest BCUT2D eigenvalue weighted by Gasteiger charge is 2.25. The summed E-state index contributed by atoms with van der Waals surface area (Å²) in [6, 6.07) is 3.75. The average Bonchev–Trinajstić information content (AvgIpc) is 2.52. The molecule has 1 amide bonds. The zero-order chi connectivity index (χ0) is 15.1. The minimum atomic E-state index is -0.807. The Balaban J connectivity index is 1.98. The Hall–Kier alpha value is -2.17. The Kier molecular flexibility index (Phi) is 5.49. The largest absolute Gasteiger partial charge is 0.481 e. The van der Waals surface area contributed by atoms with Crippen LogP contribution in [-0.2, 0) is 9.59 Å². The van der Waals surface area contributed by atoms with Crippen molar-refractivity contribution in [2.75, 3.05) is 6.54 Å². The number of amides is 1. The second-order valence-corrected chi connectivity index (χ2v) is 5.23. The van der Waals surface area contributed by atoms with E-state index >= 15 is 0 Å². The molecule has 1 N–H and O–H groups in total. The van der Waals surface area contributed by atoms with Crippen LogP contribution in [0.25, 0.3) is 6.08 Å². The second kappa shape index (κ2) is 7.57. The third-order valence-corrected chi connectivity index (χ3v) is 3.70. The fourth-order valence-electron chi connectivity index (χ4n) is 2.62. The summed E-state index contributed by atoms with van der Waals surface area (Å²) in [5.41, 5.74) is 0.880. The van der Waals surface area contributed by atoms with E-state index in [1.54, 1.807) is 29.4 Å². The van der Waals surface area contributed by atoms with Crippen LogP contribution < -0.4 is 0 Å². The van der Waals surface area contributed by atoms with Crippen LogP contribution in [0.4, 0.5) is 0 Å². The number of hydrogen-bond acceptors (Lipinski definition) is 3. The molecule has 0 aromatic carbocycles. The van der Waals surface area contributed by atoms with Crippen LogP contribution in [0, 0.1) is 0 Å². The maximum Gasteiger partial charge on any atom is 0.303 e. The molecule has 1 aliphatic heterocycles. The number of piperidine rings is 1. The number of carboxylic acids is 1. The van der Waals surface area contributed by atoms with Crippen molar-refractivity contribution in [1.82, 2.24) is 9.88 Å². The van der Waals surface area contributed by atoms with Gasteiger partial charge in [-0.15, -0.1) is 0 Å². The first-order valence-corrected chi connectivity index (χ1v) is 7.27. The van der Waals surface area contributed by atoms with Gasteiger partial charge in [-0.1, -0.05) is 6.07 Å². The molecule has 0 spiro atoms. The zero-order valence-electron chi connectivity index (χ0n) is 11.9. The molecule has 1 saturated heterocycles. The topological polar surface area (TPSA) is 70.5 Å². The highest BCUT2D eigenvalue weighted by molar-refractivity contribution is 5.92. The zero-order valence-corrected chi connectivity index (χ0v) is 11.9. The van der Waals surface area contributed by atoms with Gasteiger partial charge in [-0.25, -0.2) is 0 Å². The molecule has 1 fully saturated rings. The van der Waals surface area contributed by atoms with E-state index in [-0.39, 0.29) is 18.4 Å². The minimum absolute atomic E-state index is 0.0425. The number of aliphatic carboxylic acids is 1. The maximum absolute atomic E-state index is 12.3. The number of nitrogens with zero attached hydrogens (tertiary/aromatic N) is 2. The summed E-state index contributed by atoms with van der Waals surface area (Å²) >= 11 is 0. The van der Waals surface area contributed by atoms with Crippen molar-refractivity contribution < 1.29 is 14.7 Å². The fourth-order valence-corrected chi connectivity index (χ4v) is 2.62. The van der Waals surface area contributed by atoms with Crippen LogP contribution in [0.1, 0.15) is 37.7 Å². The Bertz CT molecular complexity index is 514. The van der Waals surface area contributed by atoms with E-state index in [0.29, 0.717) is 13.0 Å². The molecule has 21 heavy (non-hydrogen) atoms. The van der Waals surface area contributed by atoms with Gasteiger partial charge in [0.25, 0.3) is 0 Å². The summed E-state index contributed by atoms with van der Waals surface area (Å²) in [7, 11) is 0. The number of rotatable bonds is 5. The normalized spacial score (nSPS) is 18.9. The van der Waals surface area contributed by atoms with E-state index in [0.717, 1.165) is 24.8 Å². The monoisotopic (exact) mass is 288 g/mol. The molecule has 2 heterocycles. The first kappa shape index (κ1) is 15.2. The molecule has 1 aromatic rings. The van der Waals surface area contributed by atoms with Gasteiger partial charge in [-0.05, 0) is 43.4 Å². The molecule has 0 aliphatic carbocycles. The van der Waals surface area contributed by atoms with Gasteiger partial charge in [0.2, 0.25) is 5.91 Å². The predicted molar refractivity (Wildman–Crippen MR) is 79.5 cm³/mol. The van der Waals surface area contributed by atoms with E-state index in [4.69, 9.17) is 5.11 Å². The first-order chi connectivity index (χ1) is 10.2. The number of hydrogen-bond donors (Lipinski definition) is 1. The number of pyridine rings is 1. The molecule has 1 aromatic heterocycles. The van der Waals surface area contributed by atoms with Crippen molar-refractivity contribution >= 4 is 18.0 Å². The highest BCUT2D eigenvalue weighted by atomic mass is 16.4. The fraction of sp³-hybridized carbons (Fsp3) is 0.438. The van der Waals surface area contributed by atoms with Gasteiger partial charge < -0.3 is 10.0 Å². The number of carbonyl (C=O) groups is 2. The summed E-state index contributed by atoms with van der Waals surface area (Å²) in [5.74, 6) is -0.854. The predicted octanol–water partition coefficient (Wildman–Crippen LogP) is 2.34. The molecule has 0 unspecified atom stereocenters. The van der Waals surface area contributed by atoms with Gasteiger partial charge in [-0.2, -0.15) is 0 Å². The van der Waals surface area contributed by atoms with Gasteiger partial charge in [0.1, 0.15) is 0 Å². The lowest BCUT2D eigenvalue weighted by Gasteiger charge is -2.35. The van der Waals surface area contributed by atoms with E-state index in [1.165, 1.54) is 0 Å². The molecular formula is C16H20N2O3. The average molecular weight is 288 g/mol. The van der Waals surface area contributed by atoms with E-state index in [2.05, 4.69) is 4.98 Å². The van der Waals surface area contributed by atoms with Crippen molar-refractivity contribution in [2.24, 2.45) is 0 Å². The molecule has 112 valence electrons. The van der Waals surface area contributed by atoms with E-state index in [1.807, 2.05) is 12.1 Å². The van der Waals surface area contributed by atoms with Gasteiger partial charge in [0, 0.05) is 37.5 Å². The van der Waals surface area contributed by atoms with Gasteiger partial charge in [0.15, 0.2) is 0 Å². The Morgan fingerprint density at radius 3 is 3.00 bits per heavy atom. The summed E-state index contributed by atoms with van der Waals surface area (Å²) < 4.78 is 0. The summed E-state index contributed by atoms with van der Waals surface area (Å²) in [4.78, 5) is 28.8. The Labute approximate surface area is 124 Å². The minimum Gasteiger partial charge on any atom is -0.481 e. The van der Waals surface area contributed by atoms with Crippen LogP contribution in [-0.4, -0.2) is 39.5 Å². The molecule has 2 rings (SSSR count). The lowest BCUT2D eigenvalue weighted by molar-refractivity contribution is -0.138. The van der Waals surface area contributed by atoms with Gasteiger partial charge in [-0.3, -0.25) is 14.6 Å². The lowest BCUT2D eigenvalue weighted by atomic mass is 9.97. The first-order valence-electron chi connectivity index (χ1n) is 7.27. The van der Waals surface area contributed by atoms with Crippen LogP contribution >= 0.6 is 0 Å². The van der Waals surface area contributed by atoms with E-state index in [9.17, 15) is 9.59 Å². The van der Waals surface area contributed by atoms with Crippen LogP contribution in [0.3, 0.4) is 0 Å².